The lowest BCUT2D eigenvalue weighted by molar-refractivity contribution is -0.139. The van der Waals surface area contributed by atoms with E-state index < -0.39 is 35.5 Å². The van der Waals surface area contributed by atoms with Gasteiger partial charge in [-0.05, 0) is 24.5 Å². The zero-order chi connectivity index (χ0) is 17.5. The second kappa shape index (κ2) is 5.92. The maximum Gasteiger partial charge on any atom is 0.416 e. The standard InChI is InChI=1S/C16H15F3N2O3/c17-16(18,19)10-3-1-2-9(6-10)7-14(23)21(11-4-5-11)12-8-13(22)20-15(12)24/h1-3,6,11-12H,4-5,7-8H2,(H,20,22,24). The Hall–Kier alpha value is -2.38. The van der Waals surface area contributed by atoms with Crippen LogP contribution in [0.5, 0.6) is 0 Å². The van der Waals surface area contributed by atoms with Gasteiger partial charge < -0.3 is 4.90 Å². The van der Waals surface area contributed by atoms with Crippen LogP contribution in [0.15, 0.2) is 24.3 Å². The Kier molecular flexibility index (Phi) is 4.06. The van der Waals surface area contributed by atoms with E-state index in [-0.39, 0.29) is 24.4 Å². The van der Waals surface area contributed by atoms with Gasteiger partial charge in [0.25, 0.3) is 0 Å². The van der Waals surface area contributed by atoms with Gasteiger partial charge >= 0.3 is 6.18 Å². The van der Waals surface area contributed by atoms with Crippen molar-refractivity contribution >= 4 is 17.7 Å². The molecular formula is C16H15F3N2O3. The molecule has 1 saturated carbocycles. The minimum Gasteiger partial charge on any atom is -0.327 e. The third-order valence-corrected chi connectivity index (χ3v) is 4.12. The van der Waals surface area contributed by atoms with Gasteiger partial charge in [-0.15, -0.1) is 0 Å². The largest absolute Gasteiger partial charge is 0.416 e. The van der Waals surface area contributed by atoms with Crippen LogP contribution in [0.4, 0.5) is 13.2 Å². The van der Waals surface area contributed by atoms with Crippen molar-refractivity contribution in [1.82, 2.24) is 10.2 Å². The highest BCUT2D eigenvalue weighted by atomic mass is 19.4. The van der Waals surface area contributed by atoms with Crippen LogP contribution in [0.25, 0.3) is 0 Å². The molecule has 0 radical (unpaired) electrons. The van der Waals surface area contributed by atoms with Crippen LogP contribution in [0.1, 0.15) is 30.4 Å². The highest BCUT2D eigenvalue weighted by Gasteiger charge is 2.44. The number of benzene rings is 1. The SMILES string of the molecule is O=C1CC(N(C(=O)Cc2cccc(C(F)(F)F)c2)C2CC2)C(=O)N1. The summed E-state index contributed by atoms with van der Waals surface area (Å²) in [6, 6.07) is 3.59. The van der Waals surface area contributed by atoms with Crippen molar-refractivity contribution in [2.45, 2.75) is 43.9 Å². The van der Waals surface area contributed by atoms with Gasteiger partial charge in [-0.2, -0.15) is 13.2 Å². The number of rotatable bonds is 4. The van der Waals surface area contributed by atoms with E-state index in [1.165, 1.54) is 17.0 Å². The first kappa shape index (κ1) is 16.5. The lowest BCUT2D eigenvalue weighted by Gasteiger charge is -2.27. The Bertz CT molecular complexity index is 698. The fraction of sp³-hybridized carbons (Fsp3) is 0.438. The predicted octanol–water partition coefficient (Wildman–Crippen LogP) is 1.65. The fourth-order valence-corrected chi connectivity index (χ4v) is 2.87. The summed E-state index contributed by atoms with van der Waals surface area (Å²) in [7, 11) is 0. The molecule has 0 aromatic heterocycles. The zero-order valence-corrected chi connectivity index (χ0v) is 12.6. The van der Waals surface area contributed by atoms with Gasteiger partial charge in [-0.3, -0.25) is 19.7 Å². The van der Waals surface area contributed by atoms with Crippen molar-refractivity contribution in [1.29, 1.82) is 0 Å². The van der Waals surface area contributed by atoms with Crippen LogP contribution < -0.4 is 5.32 Å². The quantitative estimate of drug-likeness (QED) is 0.848. The smallest absolute Gasteiger partial charge is 0.327 e. The van der Waals surface area contributed by atoms with Crippen LogP contribution in [0, 0.1) is 0 Å². The summed E-state index contributed by atoms with van der Waals surface area (Å²) in [6.07, 6.45) is -3.35. The van der Waals surface area contributed by atoms with Gasteiger partial charge in [-0.1, -0.05) is 18.2 Å². The van der Waals surface area contributed by atoms with E-state index in [0.29, 0.717) is 0 Å². The lowest BCUT2D eigenvalue weighted by Crippen LogP contribution is -2.46. The molecule has 1 aromatic rings. The fourth-order valence-electron chi connectivity index (χ4n) is 2.87. The Morgan fingerprint density at radius 1 is 1.25 bits per heavy atom. The van der Waals surface area contributed by atoms with E-state index in [9.17, 15) is 27.6 Å². The Morgan fingerprint density at radius 3 is 2.50 bits per heavy atom. The number of amides is 3. The summed E-state index contributed by atoms with van der Waals surface area (Å²) >= 11 is 0. The summed E-state index contributed by atoms with van der Waals surface area (Å²) in [4.78, 5) is 37.1. The molecule has 1 aromatic carbocycles. The van der Waals surface area contributed by atoms with Gasteiger partial charge in [0, 0.05) is 6.04 Å². The van der Waals surface area contributed by atoms with E-state index in [4.69, 9.17) is 0 Å². The average molecular weight is 340 g/mol. The molecule has 3 rings (SSSR count). The maximum absolute atomic E-state index is 12.8. The van der Waals surface area contributed by atoms with Gasteiger partial charge in [0.2, 0.25) is 17.7 Å². The molecule has 24 heavy (non-hydrogen) atoms. The molecule has 3 amide bonds. The molecule has 1 N–H and O–H groups in total. The average Bonchev–Trinajstić information content (AvgIpc) is 3.25. The van der Waals surface area contributed by atoms with Crippen molar-refractivity contribution < 1.29 is 27.6 Å². The molecular weight excluding hydrogens is 325 g/mol. The second-order valence-corrected chi connectivity index (χ2v) is 6.04. The van der Waals surface area contributed by atoms with Crippen molar-refractivity contribution in [3.63, 3.8) is 0 Å². The van der Waals surface area contributed by atoms with Gasteiger partial charge in [0.1, 0.15) is 6.04 Å². The number of hydrogen-bond acceptors (Lipinski definition) is 3. The van der Waals surface area contributed by atoms with E-state index in [2.05, 4.69) is 5.32 Å². The van der Waals surface area contributed by atoms with Gasteiger partial charge in [-0.25, -0.2) is 0 Å². The molecule has 1 heterocycles. The van der Waals surface area contributed by atoms with E-state index in [0.717, 1.165) is 25.0 Å². The van der Waals surface area contributed by atoms with Crippen LogP contribution in [-0.2, 0) is 27.0 Å². The first-order valence-corrected chi connectivity index (χ1v) is 7.56. The Balaban J connectivity index is 1.77. The van der Waals surface area contributed by atoms with E-state index in [1.54, 1.807) is 0 Å². The molecule has 1 atom stereocenters. The van der Waals surface area contributed by atoms with Gasteiger partial charge in [0.15, 0.2) is 0 Å². The topological polar surface area (TPSA) is 66.5 Å². The number of alkyl halides is 3. The summed E-state index contributed by atoms with van der Waals surface area (Å²) < 4.78 is 38.3. The lowest BCUT2D eigenvalue weighted by atomic mass is 10.1. The van der Waals surface area contributed by atoms with Crippen LogP contribution in [0.2, 0.25) is 0 Å². The Labute approximate surface area is 135 Å². The van der Waals surface area contributed by atoms with Crippen molar-refractivity contribution in [2.75, 3.05) is 0 Å². The summed E-state index contributed by atoms with van der Waals surface area (Å²) in [5.74, 6) is -1.40. The molecule has 1 aliphatic carbocycles. The molecule has 128 valence electrons. The van der Waals surface area contributed by atoms with Crippen molar-refractivity contribution in [3.8, 4) is 0 Å². The molecule has 0 spiro atoms. The van der Waals surface area contributed by atoms with Crippen LogP contribution in [-0.4, -0.2) is 34.7 Å². The number of halogens is 3. The number of nitrogens with one attached hydrogen (secondary N) is 1. The Morgan fingerprint density at radius 2 is 1.96 bits per heavy atom. The minimum atomic E-state index is -4.48. The maximum atomic E-state index is 12.8. The molecule has 8 heteroatoms. The molecule has 2 fully saturated rings. The van der Waals surface area contributed by atoms with Crippen molar-refractivity contribution in [3.05, 3.63) is 35.4 Å². The van der Waals surface area contributed by atoms with Gasteiger partial charge in [0.05, 0.1) is 18.4 Å². The molecule has 1 aliphatic heterocycles. The molecule has 1 saturated heterocycles. The predicted molar refractivity (Wildman–Crippen MR) is 76.6 cm³/mol. The summed E-state index contributed by atoms with van der Waals surface area (Å²) in [5, 5.41) is 2.16. The molecule has 5 nitrogen and oxygen atoms in total. The normalized spacial score (nSPS) is 20.9. The number of nitrogens with zero attached hydrogens (tertiary/aromatic N) is 1. The minimum absolute atomic E-state index is 0.0936. The molecule has 2 aliphatic rings. The number of hydrogen-bond donors (Lipinski definition) is 1. The zero-order valence-electron chi connectivity index (χ0n) is 12.6. The first-order valence-electron chi connectivity index (χ1n) is 7.56. The van der Waals surface area contributed by atoms with E-state index in [1.807, 2.05) is 0 Å². The second-order valence-electron chi connectivity index (χ2n) is 6.04. The summed E-state index contributed by atoms with van der Waals surface area (Å²) in [6.45, 7) is 0. The monoisotopic (exact) mass is 340 g/mol. The third kappa shape index (κ3) is 3.42. The highest BCUT2D eigenvalue weighted by Crippen LogP contribution is 2.32. The van der Waals surface area contributed by atoms with Crippen LogP contribution in [0.3, 0.4) is 0 Å². The van der Waals surface area contributed by atoms with E-state index >= 15 is 0 Å². The summed E-state index contributed by atoms with van der Waals surface area (Å²) in [5.41, 5.74) is -0.593. The number of imide groups is 1. The van der Waals surface area contributed by atoms with Crippen molar-refractivity contribution in [2.24, 2.45) is 0 Å². The first-order chi connectivity index (χ1) is 11.3. The molecule has 0 bridgehead atoms. The van der Waals surface area contributed by atoms with Crippen LogP contribution >= 0.6 is 0 Å². The number of carbonyl (C=O) groups is 3. The highest BCUT2D eigenvalue weighted by molar-refractivity contribution is 6.07. The third-order valence-electron chi connectivity index (χ3n) is 4.12. The number of carbonyl (C=O) groups excluding carboxylic acids is 3. The molecule has 1 unspecified atom stereocenters.